The minimum atomic E-state index is -0.181. The molecule has 6 nitrogen and oxygen atoms in total. The normalized spacial score (nSPS) is 21.2. The maximum atomic E-state index is 10.9. The lowest BCUT2D eigenvalue weighted by Crippen LogP contribution is -2.36. The molecule has 0 bridgehead atoms. The summed E-state index contributed by atoms with van der Waals surface area (Å²) in [5.74, 6) is 0.412. The van der Waals surface area contributed by atoms with Gasteiger partial charge in [0.2, 0.25) is 0 Å². The van der Waals surface area contributed by atoms with Crippen molar-refractivity contribution < 1.29 is 15.3 Å². The molecule has 0 radical (unpaired) electrons. The first-order chi connectivity index (χ1) is 12.9. The highest BCUT2D eigenvalue weighted by atomic mass is 16.3. The van der Waals surface area contributed by atoms with Gasteiger partial charge in [0.15, 0.2) is 0 Å². The first kappa shape index (κ1) is 20.6. The number of phenols is 1. The Balaban J connectivity index is 1.76. The quantitative estimate of drug-likeness (QED) is 0.696. The number of hydrogen-bond donors (Lipinski definition) is 3. The van der Waals surface area contributed by atoms with E-state index >= 15 is 0 Å². The second-order valence-corrected chi connectivity index (χ2v) is 8.52. The molecule has 0 aromatic heterocycles. The predicted octanol–water partition coefficient (Wildman–Crippen LogP) is 1.37. The van der Waals surface area contributed by atoms with E-state index in [4.69, 9.17) is 0 Å². The lowest BCUT2D eigenvalue weighted by Gasteiger charge is -2.31. The van der Waals surface area contributed by atoms with Crippen LogP contribution in [-0.2, 0) is 19.6 Å². The zero-order valence-electron chi connectivity index (χ0n) is 16.8. The van der Waals surface area contributed by atoms with Gasteiger partial charge in [-0.1, -0.05) is 0 Å². The summed E-state index contributed by atoms with van der Waals surface area (Å²) in [4.78, 5) is 6.79. The van der Waals surface area contributed by atoms with Crippen LogP contribution in [0, 0.1) is 0 Å². The van der Waals surface area contributed by atoms with E-state index in [0.29, 0.717) is 5.75 Å². The van der Waals surface area contributed by atoms with Gasteiger partial charge in [-0.15, -0.1) is 0 Å². The lowest BCUT2D eigenvalue weighted by atomic mass is 10.00. The van der Waals surface area contributed by atoms with Gasteiger partial charge < -0.3 is 20.2 Å². The van der Waals surface area contributed by atoms with Crippen LogP contribution in [0.25, 0.3) is 0 Å². The number of aromatic hydroxyl groups is 1. The summed E-state index contributed by atoms with van der Waals surface area (Å²) >= 11 is 0. The molecule has 3 rings (SSSR count). The van der Waals surface area contributed by atoms with Crippen LogP contribution < -0.4 is 0 Å². The van der Waals surface area contributed by atoms with Gasteiger partial charge in [0.1, 0.15) is 5.75 Å². The van der Waals surface area contributed by atoms with E-state index in [1.807, 2.05) is 0 Å². The fourth-order valence-corrected chi connectivity index (χ4v) is 4.17. The van der Waals surface area contributed by atoms with Crippen molar-refractivity contribution in [3.05, 3.63) is 28.8 Å². The van der Waals surface area contributed by atoms with Gasteiger partial charge in [0.25, 0.3) is 0 Å². The van der Waals surface area contributed by atoms with Crippen LogP contribution in [-0.4, -0.2) is 82.5 Å². The molecule has 2 heterocycles. The highest BCUT2D eigenvalue weighted by molar-refractivity contribution is 5.44. The van der Waals surface area contributed by atoms with E-state index in [9.17, 15) is 15.3 Å². The molecule has 3 N–H and O–H groups in total. The van der Waals surface area contributed by atoms with Crippen LogP contribution in [0.2, 0.25) is 0 Å². The summed E-state index contributed by atoms with van der Waals surface area (Å²) in [6.45, 7) is 5.79. The molecule has 152 valence electrons. The summed E-state index contributed by atoms with van der Waals surface area (Å²) in [7, 11) is 4.12. The molecule has 0 atom stereocenters. The Labute approximate surface area is 163 Å². The fourth-order valence-electron chi connectivity index (χ4n) is 4.17. The van der Waals surface area contributed by atoms with Crippen molar-refractivity contribution in [3.8, 4) is 5.75 Å². The first-order valence-electron chi connectivity index (χ1n) is 10.2. The van der Waals surface area contributed by atoms with E-state index in [1.165, 1.54) is 5.56 Å². The van der Waals surface area contributed by atoms with Crippen molar-refractivity contribution in [2.24, 2.45) is 0 Å². The average molecular weight is 378 g/mol. The van der Waals surface area contributed by atoms with Crippen molar-refractivity contribution in [1.29, 1.82) is 0 Å². The molecule has 0 spiro atoms. The van der Waals surface area contributed by atoms with Crippen molar-refractivity contribution in [2.75, 3.05) is 40.3 Å². The van der Waals surface area contributed by atoms with Gasteiger partial charge in [-0.2, -0.15) is 0 Å². The molecule has 0 saturated carbocycles. The Morgan fingerprint density at radius 1 is 0.852 bits per heavy atom. The third-order valence-electron chi connectivity index (χ3n) is 5.73. The molecular formula is C21H35N3O3. The molecule has 2 aliphatic rings. The molecule has 0 aliphatic carbocycles. The summed E-state index contributed by atoms with van der Waals surface area (Å²) in [6.07, 6.45) is 2.87. The highest BCUT2D eigenvalue weighted by Crippen LogP contribution is 2.29. The Kier molecular flexibility index (Phi) is 7.11. The zero-order valence-corrected chi connectivity index (χ0v) is 16.8. The number of likely N-dealkylation sites (tertiary alicyclic amines) is 2. The Morgan fingerprint density at radius 3 is 1.63 bits per heavy atom. The first-order valence-corrected chi connectivity index (χ1v) is 10.2. The predicted molar refractivity (Wildman–Crippen MR) is 107 cm³/mol. The van der Waals surface area contributed by atoms with E-state index in [2.05, 4.69) is 40.9 Å². The van der Waals surface area contributed by atoms with Crippen LogP contribution in [0.1, 0.15) is 42.4 Å². The smallest absolute Gasteiger partial charge is 0.124 e. The Hall–Kier alpha value is -1.18. The molecule has 0 unspecified atom stereocenters. The van der Waals surface area contributed by atoms with Gasteiger partial charge in [0, 0.05) is 56.9 Å². The van der Waals surface area contributed by atoms with Gasteiger partial charge >= 0.3 is 0 Å². The zero-order chi connectivity index (χ0) is 19.4. The number of aliphatic hydroxyl groups excluding tert-OH is 2. The van der Waals surface area contributed by atoms with Gasteiger partial charge in [0.05, 0.1) is 12.2 Å². The molecule has 27 heavy (non-hydrogen) atoms. The van der Waals surface area contributed by atoms with Crippen LogP contribution in [0.5, 0.6) is 5.75 Å². The lowest BCUT2D eigenvalue weighted by molar-refractivity contribution is 0.0778. The molecule has 0 amide bonds. The molecule has 1 aromatic carbocycles. The van der Waals surface area contributed by atoms with Crippen LogP contribution in [0.4, 0.5) is 0 Å². The number of piperidine rings is 2. The molecule has 2 fully saturated rings. The van der Waals surface area contributed by atoms with E-state index in [-0.39, 0.29) is 12.2 Å². The van der Waals surface area contributed by atoms with E-state index < -0.39 is 0 Å². The van der Waals surface area contributed by atoms with Crippen LogP contribution in [0.3, 0.4) is 0 Å². The monoisotopic (exact) mass is 377 g/mol. The minimum absolute atomic E-state index is 0.181. The van der Waals surface area contributed by atoms with Crippen molar-refractivity contribution in [3.63, 3.8) is 0 Å². The minimum Gasteiger partial charge on any atom is -0.507 e. The number of phenolic OH excluding ortho intramolecular Hbond substituents is 1. The average Bonchev–Trinajstić information content (AvgIpc) is 2.62. The van der Waals surface area contributed by atoms with Crippen molar-refractivity contribution in [1.82, 2.24) is 14.7 Å². The maximum absolute atomic E-state index is 10.9. The largest absolute Gasteiger partial charge is 0.507 e. The van der Waals surface area contributed by atoms with Gasteiger partial charge in [-0.05, 0) is 57.5 Å². The number of hydrogen-bond acceptors (Lipinski definition) is 6. The Morgan fingerprint density at radius 2 is 1.26 bits per heavy atom. The van der Waals surface area contributed by atoms with Crippen LogP contribution in [0.15, 0.2) is 12.1 Å². The van der Waals surface area contributed by atoms with Crippen molar-refractivity contribution >= 4 is 0 Å². The van der Waals surface area contributed by atoms with Crippen molar-refractivity contribution in [2.45, 2.75) is 57.5 Å². The third kappa shape index (κ3) is 5.90. The number of nitrogens with zero attached hydrogens (tertiary/aromatic N) is 3. The third-order valence-corrected chi connectivity index (χ3v) is 5.73. The fraction of sp³-hybridized carbons (Fsp3) is 0.714. The molecular weight excluding hydrogens is 342 g/mol. The molecule has 1 aromatic rings. The standard InChI is InChI=1S/C21H35N3O3/c1-22(2)13-16-11-17(14-23-7-3-19(25)4-8-23)21(27)18(12-16)15-24-9-5-20(26)6-10-24/h11-12,19-20,25-27H,3-10,13-15H2,1-2H3. The molecule has 2 aliphatic heterocycles. The SMILES string of the molecule is CN(C)Cc1cc(CN2CCC(O)CC2)c(O)c(CN2CCC(O)CC2)c1. The number of aliphatic hydroxyl groups is 2. The summed E-state index contributed by atoms with van der Waals surface area (Å²) < 4.78 is 0. The maximum Gasteiger partial charge on any atom is 0.124 e. The summed E-state index contributed by atoms with van der Waals surface area (Å²) in [6, 6.07) is 4.26. The van der Waals surface area contributed by atoms with E-state index in [1.54, 1.807) is 0 Å². The Bertz CT molecular complexity index is 562. The molecule has 6 heteroatoms. The second kappa shape index (κ2) is 9.34. The second-order valence-electron chi connectivity index (χ2n) is 8.52. The van der Waals surface area contributed by atoms with E-state index in [0.717, 1.165) is 82.6 Å². The number of benzene rings is 1. The number of rotatable bonds is 6. The van der Waals surface area contributed by atoms with Gasteiger partial charge in [-0.25, -0.2) is 0 Å². The summed E-state index contributed by atoms with van der Waals surface area (Å²) in [5.41, 5.74) is 3.19. The van der Waals surface area contributed by atoms with Crippen LogP contribution >= 0.6 is 0 Å². The van der Waals surface area contributed by atoms with Gasteiger partial charge in [-0.3, -0.25) is 9.80 Å². The highest BCUT2D eigenvalue weighted by Gasteiger charge is 2.22. The topological polar surface area (TPSA) is 70.4 Å². The summed E-state index contributed by atoms with van der Waals surface area (Å²) in [5, 5.41) is 30.4. The molecule has 2 saturated heterocycles.